The second-order valence-corrected chi connectivity index (χ2v) is 4.23. The third-order valence-corrected chi connectivity index (χ3v) is 2.53. The number of aryl methyl sites for hydroxylation is 1. The fourth-order valence-corrected chi connectivity index (χ4v) is 1.77. The fraction of sp³-hybridized carbons (Fsp3) is 0.500. The van der Waals surface area contributed by atoms with Gasteiger partial charge in [0.05, 0.1) is 13.2 Å². The largest absolute Gasteiger partial charge is 0.237 e. The van der Waals surface area contributed by atoms with Gasteiger partial charge in [0, 0.05) is 4.47 Å². The molecule has 0 unspecified atom stereocenters. The molecule has 0 heterocycles. The zero-order valence-corrected chi connectivity index (χ0v) is 10.6. The van der Waals surface area contributed by atoms with Gasteiger partial charge in [-0.3, -0.25) is 0 Å². The van der Waals surface area contributed by atoms with Gasteiger partial charge in [0.25, 0.3) is 0 Å². The minimum Gasteiger partial charge on any atom is -0.237 e. The molecule has 0 aliphatic heterocycles. The van der Waals surface area contributed by atoms with Crippen molar-refractivity contribution in [3.63, 3.8) is 0 Å². The maximum absolute atomic E-state index is 4.94. The van der Waals surface area contributed by atoms with Gasteiger partial charge in [-0.15, -0.1) is 0 Å². The molecule has 1 rings (SSSR count). The molecule has 0 saturated carbocycles. The summed E-state index contributed by atoms with van der Waals surface area (Å²) in [5.41, 5.74) is 1.36. The van der Waals surface area contributed by atoms with E-state index < -0.39 is 0 Å². The summed E-state index contributed by atoms with van der Waals surface area (Å²) in [5, 5.41) is 0. The third kappa shape index (κ3) is 5.92. The average Bonchev–Trinajstić information content (AvgIpc) is 2.23. The molecule has 0 aromatic heterocycles. The van der Waals surface area contributed by atoms with Crippen molar-refractivity contribution in [3.8, 4) is 0 Å². The van der Waals surface area contributed by atoms with E-state index in [1.54, 1.807) is 0 Å². The number of hydrogen-bond acceptors (Lipinski definition) is 2. The molecule has 0 bridgehead atoms. The lowest BCUT2D eigenvalue weighted by molar-refractivity contribution is -0.291. The van der Waals surface area contributed by atoms with Gasteiger partial charge in [-0.1, -0.05) is 28.1 Å². The smallest absolute Gasteiger partial charge is 0.0822 e. The van der Waals surface area contributed by atoms with E-state index in [0.717, 1.165) is 23.7 Å². The van der Waals surface area contributed by atoms with E-state index in [-0.39, 0.29) is 0 Å². The normalized spacial score (nSPS) is 10.5. The summed E-state index contributed by atoms with van der Waals surface area (Å²) in [6.07, 6.45) is 3.25. The van der Waals surface area contributed by atoms with Crippen molar-refractivity contribution < 1.29 is 9.78 Å². The molecular weight excluding hydrogens is 256 g/mol. The predicted molar refractivity (Wildman–Crippen MR) is 64.7 cm³/mol. The van der Waals surface area contributed by atoms with E-state index in [0.29, 0.717) is 13.2 Å². The summed E-state index contributed by atoms with van der Waals surface area (Å²) in [4.78, 5) is 9.73. The number of benzene rings is 1. The van der Waals surface area contributed by atoms with Crippen LogP contribution in [0.4, 0.5) is 0 Å². The van der Waals surface area contributed by atoms with Crippen molar-refractivity contribution in [2.45, 2.75) is 26.2 Å². The van der Waals surface area contributed by atoms with Gasteiger partial charge in [0.2, 0.25) is 0 Å². The van der Waals surface area contributed by atoms with Crippen LogP contribution in [0, 0.1) is 0 Å². The second-order valence-electron chi connectivity index (χ2n) is 3.32. The Bertz CT molecular complexity index is 276. The highest BCUT2D eigenvalue weighted by Gasteiger charge is 1.95. The van der Waals surface area contributed by atoms with E-state index in [2.05, 4.69) is 34.1 Å². The van der Waals surface area contributed by atoms with Gasteiger partial charge < -0.3 is 0 Å². The van der Waals surface area contributed by atoms with Crippen LogP contribution in [0.5, 0.6) is 0 Å². The zero-order chi connectivity index (χ0) is 10.9. The van der Waals surface area contributed by atoms with Gasteiger partial charge in [-0.2, -0.15) is 0 Å². The molecule has 0 radical (unpaired) electrons. The van der Waals surface area contributed by atoms with E-state index >= 15 is 0 Å². The monoisotopic (exact) mass is 272 g/mol. The topological polar surface area (TPSA) is 18.5 Å². The Labute approximate surface area is 99.6 Å². The lowest BCUT2D eigenvalue weighted by atomic mass is 10.1. The van der Waals surface area contributed by atoms with Crippen LogP contribution in [0.15, 0.2) is 28.7 Å². The quantitative estimate of drug-likeness (QED) is 0.428. The summed E-state index contributed by atoms with van der Waals surface area (Å²) >= 11 is 3.46. The van der Waals surface area contributed by atoms with Crippen LogP contribution in [0.3, 0.4) is 0 Å². The molecular formula is C12H17BrO2. The van der Waals surface area contributed by atoms with Crippen molar-refractivity contribution in [1.82, 2.24) is 0 Å². The number of rotatable bonds is 7. The Morgan fingerprint density at radius 1 is 1.20 bits per heavy atom. The Hall–Kier alpha value is -0.380. The average molecular weight is 273 g/mol. The van der Waals surface area contributed by atoms with Crippen molar-refractivity contribution in [2.75, 3.05) is 13.2 Å². The van der Waals surface area contributed by atoms with E-state index in [9.17, 15) is 0 Å². The van der Waals surface area contributed by atoms with Crippen LogP contribution in [-0.4, -0.2) is 13.2 Å². The Morgan fingerprint density at radius 2 is 2.07 bits per heavy atom. The summed E-state index contributed by atoms with van der Waals surface area (Å²) in [5.74, 6) is 0. The number of halogens is 1. The highest BCUT2D eigenvalue weighted by atomic mass is 79.9. The zero-order valence-electron chi connectivity index (χ0n) is 9.04. The molecule has 0 N–H and O–H groups in total. The molecule has 0 atom stereocenters. The first-order chi connectivity index (χ1) is 7.33. The van der Waals surface area contributed by atoms with Crippen LogP contribution < -0.4 is 0 Å². The lowest BCUT2D eigenvalue weighted by Crippen LogP contribution is -1.97. The molecule has 2 nitrogen and oxygen atoms in total. The van der Waals surface area contributed by atoms with Crippen LogP contribution in [0.2, 0.25) is 0 Å². The SMILES string of the molecule is CCOOCCCCc1cccc(Br)c1. The van der Waals surface area contributed by atoms with Crippen molar-refractivity contribution in [2.24, 2.45) is 0 Å². The summed E-state index contributed by atoms with van der Waals surface area (Å²) in [6, 6.07) is 8.41. The molecule has 15 heavy (non-hydrogen) atoms. The van der Waals surface area contributed by atoms with E-state index in [1.807, 2.05) is 13.0 Å². The summed E-state index contributed by atoms with van der Waals surface area (Å²) < 4.78 is 1.14. The fourth-order valence-electron chi connectivity index (χ4n) is 1.32. The molecule has 0 spiro atoms. The first-order valence-electron chi connectivity index (χ1n) is 5.32. The van der Waals surface area contributed by atoms with E-state index in [4.69, 9.17) is 9.78 Å². The maximum atomic E-state index is 4.94. The summed E-state index contributed by atoms with van der Waals surface area (Å²) in [6.45, 7) is 3.22. The van der Waals surface area contributed by atoms with Crippen LogP contribution in [0.1, 0.15) is 25.3 Å². The highest BCUT2D eigenvalue weighted by molar-refractivity contribution is 9.10. The molecule has 84 valence electrons. The Balaban J connectivity index is 2.10. The molecule has 1 aromatic rings. The Kier molecular flexibility index (Phi) is 6.64. The van der Waals surface area contributed by atoms with Gasteiger partial charge in [0.15, 0.2) is 0 Å². The summed E-state index contributed by atoms with van der Waals surface area (Å²) in [7, 11) is 0. The van der Waals surface area contributed by atoms with Gasteiger partial charge in [0.1, 0.15) is 0 Å². The predicted octanol–water partition coefficient (Wildman–Crippen LogP) is 3.74. The van der Waals surface area contributed by atoms with E-state index in [1.165, 1.54) is 5.56 Å². The van der Waals surface area contributed by atoms with Gasteiger partial charge >= 0.3 is 0 Å². The molecule has 1 aromatic carbocycles. The number of unbranched alkanes of at least 4 members (excludes halogenated alkanes) is 1. The standard InChI is InChI=1S/C12H17BrO2/c1-2-14-15-9-4-3-6-11-7-5-8-12(13)10-11/h5,7-8,10H,2-4,6,9H2,1H3. The van der Waals surface area contributed by atoms with Crippen molar-refractivity contribution >= 4 is 15.9 Å². The molecule has 0 aliphatic rings. The number of hydrogen-bond donors (Lipinski definition) is 0. The minimum atomic E-state index is 0.617. The lowest BCUT2D eigenvalue weighted by Gasteiger charge is -2.03. The van der Waals surface area contributed by atoms with Crippen LogP contribution in [0.25, 0.3) is 0 Å². The maximum Gasteiger partial charge on any atom is 0.0822 e. The minimum absolute atomic E-state index is 0.617. The van der Waals surface area contributed by atoms with Crippen LogP contribution in [-0.2, 0) is 16.2 Å². The van der Waals surface area contributed by atoms with Crippen molar-refractivity contribution in [3.05, 3.63) is 34.3 Å². The molecule has 3 heteroatoms. The molecule has 0 amide bonds. The first-order valence-corrected chi connectivity index (χ1v) is 6.11. The molecule has 0 aliphatic carbocycles. The van der Waals surface area contributed by atoms with Crippen molar-refractivity contribution in [1.29, 1.82) is 0 Å². The third-order valence-electron chi connectivity index (χ3n) is 2.03. The van der Waals surface area contributed by atoms with Crippen LogP contribution >= 0.6 is 15.9 Å². The van der Waals surface area contributed by atoms with Gasteiger partial charge in [-0.25, -0.2) is 9.78 Å². The molecule has 0 saturated heterocycles. The van der Waals surface area contributed by atoms with Gasteiger partial charge in [-0.05, 0) is 43.9 Å². The first kappa shape index (κ1) is 12.7. The highest BCUT2D eigenvalue weighted by Crippen LogP contribution is 2.13. The second kappa shape index (κ2) is 7.85. The molecule has 0 fully saturated rings. The Morgan fingerprint density at radius 3 is 2.80 bits per heavy atom.